The third kappa shape index (κ3) is 4.54. The van der Waals surface area contributed by atoms with Crippen molar-refractivity contribution in [3.8, 4) is 0 Å². The van der Waals surface area contributed by atoms with E-state index in [1.807, 2.05) is 6.07 Å². The summed E-state index contributed by atoms with van der Waals surface area (Å²) in [7, 11) is 0. The van der Waals surface area contributed by atoms with Gasteiger partial charge in [0.15, 0.2) is 0 Å². The van der Waals surface area contributed by atoms with Crippen LogP contribution in [0.25, 0.3) is 10.1 Å². The number of carbonyl (C=O) groups excluding carboxylic acids is 2. The van der Waals surface area contributed by atoms with Crippen LogP contribution in [0, 0.1) is 5.92 Å². The van der Waals surface area contributed by atoms with Crippen LogP contribution >= 0.6 is 22.9 Å². The summed E-state index contributed by atoms with van der Waals surface area (Å²) in [5.41, 5.74) is 0. The smallest absolute Gasteiger partial charge is 0.328 e. The Labute approximate surface area is 162 Å². The molecule has 140 valence electrons. The lowest BCUT2D eigenvalue weighted by Crippen LogP contribution is -2.43. The molecule has 1 atom stereocenters. The molecule has 7 heteroatoms. The van der Waals surface area contributed by atoms with Crippen LogP contribution in [0.4, 0.5) is 0 Å². The van der Waals surface area contributed by atoms with Crippen molar-refractivity contribution in [1.29, 1.82) is 0 Å². The number of hydrogen-bond acceptors (Lipinski definition) is 5. The number of pyridine rings is 1. The van der Waals surface area contributed by atoms with E-state index in [0.717, 1.165) is 22.9 Å². The number of amides is 1. The van der Waals surface area contributed by atoms with E-state index >= 15 is 0 Å². The van der Waals surface area contributed by atoms with E-state index in [1.165, 1.54) is 30.6 Å². The molecule has 2 aromatic heterocycles. The molecular formula is C19H23ClN2O3S. The number of carbonyl (C=O) groups is 2. The number of nitrogens with zero attached hydrogens (tertiary/aromatic N) is 1. The van der Waals surface area contributed by atoms with Crippen molar-refractivity contribution in [2.45, 2.75) is 51.5 Å². The Morgan fingerprint density at radius 1 is 1.38 bits per heavy atom. The molecule has 0 aromatic carbocycles. The topological polar surface area (TPSA) is 68.3 Å². The molecule has 0 aliphatic heterocycles. The van der Waals surface area contributed by atoms with Crippen molar-refractivity contribution in [2.75, 3.05) is 6.61 Å². The zero-order valence-electron chi connectivity index (χ0n) is 14.8. The van der Waals surface area contributed by atoms with Crippen molar-refractivity contribution in [2.24, 2.45) is 5.92 Å². The first-order valence-electron chi connectivity index (χ1n) is 9.10. The maximum atomic E-state index is 12.7. The largest absolute Gasteiger partial charge is 0.464 e. The van der Waals surface area contributed by atoms with E-state index in [1.54, 1.807) is 19.2 Å². The van der Waals surface area contributed by atoms with Crippen LogP contribution in [0.2, 0.25) is 5.15 Å². The van der Waals surface area contributed by atoms with Crippen molar-refractivity contribution < 1.29 is 14.3 Å². The summed E-state index contributed by atoms with van der Waals surface area (Å²) in [6.07, 6.45) is 8.10. The van der Waals surface area contributed by atoms with Gasteiger partial charge in [-0.05, 0) is 36.8 Å². The molecule has 3 rings (SSSR count). The van der Waals surface area contributed by atoms with E-state index < -0.39 is 6.04 Å². The molecule has 1 aliphatic carbocycles. The second-order valence-corrected chi connectivity index (χ2v) is 8.06. The zero-order valence-corrected chi connectivity index (χ0v) is 16.4. The van der Waals surface area contributed by atoms with Crippen LogP contribution in [0.5, 0.6) is 0 Å². The highest BCUT2D eigenvalue weighted by molar-refractivity contribution is 7.21. The molecule has 0 bridgehead atoms. The minimum atomic E-state index is -0.607. The molecule has 2 heterocycles. The molecule has 0 radical (unpaired) electrons. The van der Waals surface area contributed by atoms with E-state index in [9.17, 15) is 9.59 Å². The average molecular weight is 395 g/mol. The maximum absolute atomic E-state index is 12.7. The van der Waals surface area contributed by atoms with Crippen molar-refractivity contribution in [1.82, 2.24) is 10.3 Å². The molecule has 2 aromatic rings. The molecule has 1 aliphatic rings. The van der Waals surface area contributed by atoms with Crippen LogP contribution in [-0.4, -0.2) is 29.5 Å². The van der Waals surface area contributed by atoms with Gasteiger partial charge in [-0.1, -0.05) is 43.7 Å². The lowest BCUT2D eigenvalue weighted by Gasteiger charge is -2.26. The Morgan fingerprint density at radius 2 is 2.15 bits per heavy atom. The quantitative estimate of drug-likeness (QED) is 0.575. The van der Waals surface area contributed by atoms with Crippen molar-refractivity contribution >= 4 is 44.9 Å². The summed E-state index contributed by atoms with van der Waals surface area (Å²) in [6, 6.07) is 3.00. The summed E-state index contributed by atoms with van der Waals surface area (Å²) in [4.78, 5) is 29.6. The fourth-order valence-electron chi connectivity index (χ4n) is 3.49. The first kappa shape index (κ1) is 19.1. The van der Waals surface area contributed by atoms with E-state index in [4.69, 9.17) is 16.3 Å². The number of halogens is 1. The van der Waals surface area contributed by atoms with Crippen LogP contribution < -0.4 is 5.32 Å². The Bertz CT molecular complexity index is 786. The Balaban J connectivity index is 1.74. The van der Waals surface area contributed by atoms with Gasteiger partial charge in [-0.15, -0.1) is 11.3 Å². The number of ether oxygens (including phenoxy) is 1. The predicted octanol–water partition coefficient (Wildman–Crippen LogP) is 4.58. The van der Waals surface area contributed by atoms with Gasteiger partial charge in [-0.25, -0.2) is 9.78 Å². The van der Waals surface area contributed by atoms with E-state index in [-0.39, 0.29) is 11.9 Å². The van der Waals surface area contributed by atoms with Gasteiger partial charge in [0.2, 0.25) is 0 Å². The van der Waals surface area contributed by atoms with Gasteiger partial charge in [-0.3, -0.25) is 4.79 Å². The number of fused-ring (bicyclic) bond motifs is 1. The van der Waals surface area contributed by atoms with Crippen LogP contribution in [0.1, 0.15) is 55.1 Å². The number of hydrogen-bond donors (Lipinski definition) is 1. The van der Waals surface area contributed by atoms with Crippen LogP contribution in [0.15, 0.2) is 18.3 Å². The Hall–Kier alpha value is -1.66. The SMILES string of the molecule is CCOC(=O)[C@H](CC1CCCCC1)NC(=O)c1cc2ccnc(Cl)c2s1. The molecule has 0 spiro atoms. The maximum Gasteiger partial charge on any atom is 0.328 e. The summed E-state index contributed by atoms with van der Waals surface area (Å²) in [5.74, 6) is -0.164. The monoisotopic (exact) mass is 394 g/mol. The molecule has 26 heavy (non-hydrogen) atoms. The summed E-state index contributed by atoms with van der Waals surface area (Å²) in [5, 5.41) is 4.14. The molecule has 1 saturated carbocycles. The van der Waals surface area contributed by atoms with Crippen LogP contribution in [0.3, 0.4) is 0 Å². The third-order valence-electron chi connectivity index (χ3n) is 4.78. The Morgan fingerprint density at radius 3 is 2.85 bits per heavy atom. The Kier molecular flexibility index (Phi) is 6.48. The molecule has 5 nitrogen and oxygen atoms in total. The highest BCUT2D eigenvalue weighted by atomic mass is 35.5. The number of aromatic nitrogens is 1. The fourth-order valence-corrected chi connectivity index (χ4v) is 4.71. The fraction of sp³-hybridized carbons (Fsp3) is 0.526. The second-order valence-electron chi connectivity index (χ2n) is 6.65. The zero-order chi connectivity index (χ0) is 18.5. The van der Waals surface area contributed by atoms with Gasteiger partial charge >= 0.3 is 5.97 Å². The van der Waals surface area contributed by atoms with Gasteiger partial charge in [-0.2, -0.15) is 0 Å². The summed E-state index contributed by atoms with van der Waals surface area (Å²) < 4.78 is 5.96. The van der Waals surface area contributed by atoms with Gasteiger partial charge in [0.1, 0.15) is 11.2 Å². The predicted molar refractivity (Wildman–Crippen MR) is 104 cm³/mol. The number of thiophene rings is 1. The molecular weight excluding hydrogens is 372 g/mol. The minimum Gasteiger partial charge on any atom is -0.464 e. The minimum absolute atomic E-state index is 0.267. The lowest BCUT2D eigenvalue weighted by atomic mass is 9.85. The number of esters is 1. The third-order valence-corrected chi connectivity index (χ3v) is 6.34. The van der Waals surface area contributed by atoms with Gasteiger partial charge in [0.25, 0.3) is 5.91 Å². The van der Waals surface area contributed by atoms with Gasteiger partial charge < -0.3 is 10.1 Å². The highest BCUT2D eigenvalue weighted by Gasteiger charge is 2.27. The standard InChI is InChI=1S/C19H23ClN2O3S/c1-2-25-19(24)14(10-12-6-4-3-5-7-12)22-18(23)15-11-13-8-9-21-17(20)16(13)26-15/h8-9,11-12,14H,2-7,10H2,1H3,(H,22,23)/t14-/m0/s1. The van der Waals surface area contributed by atoms with Crippen molar-refractivity contribution in [3.63, 3.8) is 0 Å². The first-order valence-corrected chi connectivity index (χ1v) is 10.3. The normalized spacial score (nSPS) is 16.4. The molecule has 0 saturated heterocycles. The second kappa shape index (κ2) is 8.82. The summed E-state index contributed by atoms with van der Waals surface area (Å²) >= 11 is 7.38. The van der Waals surface area contributed by atoms with Gasteiger partial charge in [0, 0.05) is 6.20 Å². The van der Waals surface area contributed by atoms with Crippen LogP contribution in [-0.2, 0) is 9.53 Å². The number of nitrogens with one attached hydrogen (secondary N) is 1. The molecule has 1 amide bonds. The molecule has 1 fully saturated rings. The summed E-state index contributed by atoms with van der Waals surface area (Å²) in [6.45, 7) is 2.08. The highest BCUT2D eigenvalue weighted by Crippen LogP contribution is 2.31. The molecule has 1 N–H and O–H groups in total. The lowest BCUT2D eigenvalue weighted by molar-refractivity contribution is -0.146. The van der Waals surface area contributed by atoms with Crippen molar-refractivity contribution in [3.05, 3.63) is 28.4 Å². The van der Waals surface area contributed by atoms with Gasteiger partial charge in [0.05, 0.1) is 16.2 Å². The number of rotatable bonds is 6. The first-order chi connectivity index (χ1) is 12.6. The van der Waals surface area contributed by atoms with E-state index in [2.05, 4.69) is 10.3 Å². The van der Waals surface area contributed by atoms with E-state index in [0.29, 0.717) is 29.0 Å². The average Bonchev–Trinajstić information content (AvgIpc) is 3.08. The molecule has 0 unspecified atom stereocenters.